The van der Waals surface area contributed by atoms with E-state index in [-0.39, 0.29) is 11.8 Å². The zero-order chi connectivity index (χ0) is 21.3. The Hall–Kier alpha value is -2.56. The topological polar surface area (TPSA) is 49.4 Å². The highest BCUT2D eigenvalue weighted by atomic mass is 35.5. The van der Waals surface area contributed by atoms with Crippen molar-refractivity contribution in [2.75, 3.05) is 19.6 Å². The molecule has 0 unspecified atom stereocenters. The van der Waals surface area contributed by atoms with Gasteiger partial charge >= 0.3 is 0 Å². The SMILES string of the molecule is O=C(C=Cc1cccc(Cl)c1)NCC1CCN(C(=O)C=Cc2cccc(Cl)c2)CC1. The summed E-state index contributed by atoms with van der Waals surface area (Å²) < 4.78 is 0. The molecule has 1 N–H and O–H groups in total. The lowest BCUT2D eigenvalue weighted by Crippen LogP contribution is -2.40. The first-order valence-corrected chi connectivity index (χ1v) is 10.7. The van der Waals surface area contributed by atoms with Crippen molar-refractivity contribution in [2.24, 2.45) is 5.92 Å². The second-order valence-corrected chi connectivity index (χ2v) is 8.16. The monoisotopic (exact) mass is 442 g/mol. The highest BCUT2D eigenvalue weighted by Crippen LogP contribution is 2.18. The first-order chi connectivity index (χ1) is 14.5. The van der Waals surface area contributed by atoms with Crippen LogP contribution in [0, 0.1) is 5.92 Å². The van der Waals surface area contributed by atoms with Crippen LogP contribution < -0.4 is 5.32 Å². The van der Waals surface area contributed by atoms with E-state index in [0.717, 1.165) is 24.0 Å². The molecular weight excluding hydrogens is 419 g/mol. The van der Waals surface area contributed by atoms with Crippen LogP contribution in [0.5, 0.6) is 0 Å². The molecule has 6 heteroatoms. The van der Waals surface area contributed by atoms with E-state index in [9.17, 15) is 9.59 Å². The maximum Gasteiger partial charge on any atom is 0.246 e. The number of hydrogen-bond donors (Lipinski definition) is 1. The van der Waals surface area contributed by atoms with Gasteiger partial charge in [-0.25, -0.2) is 0 Å². The van der Waals surface area contributed by atoms with E-state index in [1.807, 2.05) is 35.2 Å². The van der Waals surface area contributed by atoms with Crippen molar-refractivity contribution in [1.82, 2.24) is 10.2 Å². The molecule has 30 heavy (non-hydrogen) atoms. The number of halogens is 2. The molecule has 1 aliphatic heterocycles. The fourth-order valence-corrected chi connectivity index (χ4v) is 3.72. The molecule has 3 rings (SSSR count). The van der Waals surface area contributed by atoms with Crippen molar-refractivity contribution in [3.8, 4) is 0 Å². The molecule has 156 valence electrons. The number of nitrogens with zero attached hydrogens (tertiary/aromatic N) is 1. The number of nitrogens with one attached hydrogen (secondary N) is 1. The molecule has 0 radical (unpaired) electrons. The highest BCUT2D eigenvalue weighted by molar-refractivity contribution is 6.31. The molecule has 1 saturated heterocycles. The van der Waals surface area contributed by atoms with Crippen molar-refractivity contribution in [3.05, 3.63) is 81.9 Å². The highest BCUT2D eigenvalue weighted by Gasteiger charge is 2.21. The number of benzene rings is 2. The Morgan fingerprint density at radius 1 is 0.933 bits per heavy atom. The van der Waals surface area contributed by atoms with E-state index in [4.69, 9.17) is 23.2 Å². The zero-order valence-electron chi connectivity index (χ0n) is 16.6. The van der Waals surface area contributed by atoms with Gasteiger partial charge in [0.05, 0.1) is 0 Å². The summed E-state index contributed by atoms with van der Waals surface area (Å²) in [6.07, 6.45) is 8.38. The molecular formula is C24H24Cl2N2O2. The summed E-state index contributed by atoms with van der Waals surface area (Å²) in [5, 5.41) is 4.23. The Balaban J connectivity index is 1.40. The Kier molecular flexibility index (Phi) is 8.12. The summed E-state index contributed by atoms with van der Waals surface area (Å²) in [6.45, 7) is 1.99. The molecule has 0 bridgehead atoms. The molecule has 2 aromatic carbocycles. The molecule has 0 aromatic heterocycles. The smallest absolute Gasteiger partial charge is 0.246 e. The van der Waals surface area contributed by atoms with Crippen molar-refractivity contribution < 1.29 is 9.59 Å². The first kappa shape index (κ1) is 22.1. The quantitative estimate of drug-likeness (QED) is 0.634. The molecule has 0 atom stereocenters. The van der Waals surface area contributed by atoms with Crippen molar-refractivity contribution in [3.63, 3.8) is 0 Å². The summed E-state index contributed by atoms with van der Waals surface area (Å²) in [4.78, 5) is 26.3. The molecule has 2 aromatic rings. The average Bonchev–Trinajstić information content (AvgIpc) is 2.75. The second-order valence-electron chi connectivity index (χ2n) is 7.29. The van der Waals surface area contributed by atoms with Crippen molar-refractivity contribution in [2.45, 2.75) is 12.8 Å². The van der Waals surface area contributed by atoms with E-state index in [2.05, 4.69) is 5.32 Å². The number of likely N-dealkylation sites (tertiary alicyclic amines) is 1. The van der Waals surface area contributed by atoms with Crippen LogP contribution in [-0.4, -0.2) is 36.3 Å². The molecule has 2 amide bonds. The number of amides is 2. The lowest BCUT2D eigenvalue weighted by atomic mass is 9.96. The molecule has 1 fully saturated rings. The van der Waals surface area contributed by atoms with Crippen molar-refractivity contribution >= 4 is 47.2 Å². The third-order valence-electron chi connectivity index (χ3n) is 5.03. The van der Waals surface area contributed by atoms with Gasteiger partial charge in [-0.05, 0) is 66.3 Å². The minimum Gasteiger partial charge on any atom is -0.352 e. The minimum absolute atomic E-state index is 0.00177. The van der Waals surface area contributed by atoms with Gasteiger partial charge in [-0.3, -0.25) is 9.59 Å². The number of hydrogen-bond acceptors (Lipinski definition) is 2. The molecule has 0 aliphatic carbocycles. The van der Waals surface area contributed by atoms with E-state index < -0.39 is 0 Å². The Labute approximate surface area is 187 Å². The predicted octanol–water partition coefficient (Wildman–Crippen LogP) is 5.07. The molecule has 0 spiro atoms. The van der Waals surface area contributed by atoms with Crippen molar-refractivity contribution in [1.29, 1.82) is 0 Å². The van der Waals surface area contributed by atoms with Gasteiger partial charge in [0.25, 0.3) is 0 Å². The van der Waals surface area contributed by atoms with Crippen LogP contribution in [0.25, 0.3) is 12.2 Å². The van der Waals surface area contributed by atoms with Crippen LogP contribution in [0.3, 0.4) is 0 Å². The maximum atomic E-state index is 12.4. The standard InChI is InChI=1S/C24H24Cl2N2O2/c25-21-5-1-3-18(15-21)7-9-23(29)27-17-20-11-13-28(14-12-20)24(30)10-8-19-4-2-6-22(26)16-19/h1-10,15-16,20H,11-14,17H2,(H,27,29). The Bertz CT molecular complexity index is 948. The summed E-state index contributed by atoms with van der Waals surface area (Å²) in [6, 6.07) is 14.7. The molecule has 1 heterocycles. The van der Waals surface area contributed by atoms with Gasteiger partial charge in [0.1, 0.15) is 0 Å². The summed E-state index contributed by atoms with van der Waals surface area (Å²) in [5.41, 5.74) is 1.79. The third kappa shape index (κ3) is 7.05. The van der Waals surface area contributed by atoms with E-state index in [1.54, 1.807) is 36.4 Å². The minimum atomic E-state index is -0.127. The number of carbonyl (C=O) groups is 2. The summed E-state index contributed by atoms with van der Waals surface area (Å²) >= 11 is 11.9. The van der Waals surface area contributed by atoms with E-state index in [0.29, 0.717) is 35.6 Å². The zero-order valence-corrected chi connectivity index (χ0v) is 18.1. The number of carbonyl (C=O) groups excluding carboxylic acids is 2. The second kappa shape index (κ2) is 11.0. The lowest BCUT2D eigenvalue weighted by molar-refractivity contribution is -0.127. The Morgan fingerprint density at radius 2 is 1.50 bits per heavy atom. The average molecular weight is 443 g/mol. The largest absolute Gasteiger partial charge is 0.352 e. The third-order valence-corrected chi connectivity index (χ3v) is 5.50. The molecule has 4 nitrogen and oxygen atoms in total. The van der Waals surface area contributed by atoms with E-state index >= 15 is 0 Å². The normalized spacial score (nSPS) is 15.1. The van der Waals surface area contributed by atoms with Crippen LogP contribution in [-0.2, 0) is 9.59 Å². The van der Waals surface area contributed by atoms with Gasteiger partial charge in [-0.15, -0.1) is 0 Å². The summed E-state index contributed by atoms with van der Waals surface area (Å²) in [5.74, 6) is 0.245. The van der Waals surface area contributed by atoms with Crippen LogP contribution in [0.4, 0.5) is 0 Å². The number of piperidine rings is 1. The number of rotatable bonds is 6. The fourth-order valence-electron chi connectivity index (χ4n) is 3.33. The molecule has 0 saturated carbocycles. The van der Waals surface area contributed by atoms with Crippen LogP contribution in [0.1, 0.15) is 24.0 Å². The fraction of sp³-hybridized carbons (Fsp3) is 0.250. The van der Waals surface area contributed by atoms with Gasteiger partial charge in [-0.2, -0.15) is 0 Å². The van der Waals surface area contributed by atoms with Gasteiger partial charge in [-0.1, -0.05) is 47.5 Å². The van der Waals surface area contributed by atoms with Crippen LogP contribution in [0.15, 0.2) is 60.7 Å². The van der Waals surface area contributed by atoms with Gasteiger partial charge in [0.15, 0.2) is 0 Å². The van der Waals surface area contributed by atoms with Gasteiger partial charge in [0, 0.05) is 41.8 Å². The summed E-state index contributed by atoms with van der Waals surface area (Å²) in [7, 11) is 0. The first-order valence-electron chi connectivity index (χ1n) is 9.93. The van der Waals surface area contributed by atoms with E-state index in [1.165, 1.54) is 6.08 Å². The van der Waals surface area contributed by atoms with Gasteiger partial charge in [0.2, 0.25) is 11.8 Å². The lowest BCUT2D eigenvalue weighted by Gasteiger charge is -2.31. The Morgan fingerprint density at radius 3 is 2.07 bits per heavy atom. The van der Waals surface area contributed by atoms with Gasteiger partial charge < -0.3 is 10.2 Å². The predicted molar refractivity (Wildman–Crippen MR) is 123 cm³/mol. The maximum absolute atomic E-state index is 12.4. The molecule has 1 aliphatic rings. The van der Waals surface area contributed by atoms with Crippen LogP contribution in [0.2, 0.25) is 10.0 Å². The van der Waals surface area contributed by atoms with Crippen LogP contribution >= 0.6 is 23.2 Å².